The molecule has 0 aliphatic carbocycles. The van der Waals surface area contributed by atoms with E-state index in [0.29, 0.717) is 10.8 Å². The maximum absolute atomic E-state index is 10.9. The molecule has 0 saturated carbocycles. The molecule has 1 aliphatic rings. The minimum Gasteiger partial charge on any atom is -0.272 e. The highest BCUT2D eigenvalue weighted by molar-refractivity contribution is 8.15. The zero-order valence-electron chi connectivity index (χ0n) is 6.66. The lowest BCUT2D eigenvalue weighted by atomic mass is 10.2. The van der Waals surface area contributed by atoms with Gasteiger partial charge in [-0.3, -0.25) is 4.79 Å². The lowest BCUT2D eigenvalue weighted by Gasteiger charge is -1.98. The molecule has 1 heterocycles. The van der Waals surface area contributed by atoms with Crippen LogP contribution in [0.2, 0.25) is 5.02 Å². The van der Waals surface area contributed by atoms with Crippen molar-refractivity contribution in [1.29, 1.82) is 0 Å². The van der Waals surface area contributed by atoms with E-state index < -0.39 is 0 Å². The van der Waals surface area contributed by atoms with E-state index in [2.05, 4.69) is 4.99 Å². The quantitative estimate of drug-likeness (QED) is 0.714. The van der Waals surface area contributed by atoms with Crippen LogP contribution in [0, 0.1) is 0 Å². The smallest absolute Gasteiger partial charge is 0.257 e. The fourth-order valence-corrected chi connectivity index (χ4v) is 2.05. The van der Waals surface area contributed by atoms with E-state index in [1.165, 1.54) is 11.8 Å². The van der Waals surface area contributed by atoms with Gasteiger partial charge in [0.05, 0.1) is 5.75 Å². The van der Waals surface area contributed by atoms with Gasteiger partial charge in [-0.15, -0.1) is 0 Å². The molecule has 0 atom stereocenters. The Morgan fingerprint density at radius 1 is 1.46 bits per heavy atom. The van der Waals surface area contributed by atoms with E-state index in [-0.39, 0.29) is 5.91 Å². The summed E-state index contributed by atoms with van der Waals surface area (Å²) in [6.07, 6.45) is 0. The van der Waals surface area contributed by atoms with Gasteiger partial charge in [0.2, 0.25) is 0 Å². The van der Waals surface area contributed by atoms with Crippen molar-refractivity contribution < 1.29 is 4.79 Å². The average molecular weight is 212 g/mol. The largest absolute Gasteiger partial charge is 0.272 e. The topological polar surface area (TPSA) is 29.4 Å². The van der Waals surface area contributed by atoms with Gasteiger partial charge in [0.25, 0.3) is 5.91 Å². The van der Waals surface area contributed by atoms with Gasteiger partial charge in [-0.1, -0.05) is 35.5 Å². The van der Waals surface area contributed by atoms with Crippen molar-refractivity contribution in [3.63, 3.8) is 0 Å². The Bertz CT molecular complexity index is 389. The van der Waals surface area contributed by atoms with Crippen molar-refractivity contribution in [3.8, 4) is 0 Å². The summed E-state index contributed by atoms with van der Waals surface area (Å²) in [5, 5.41) is 1.44. The number of nitrogens with zero attached hydrogens (tertiary/aromatic N) is 1. The summed E-state index contributed by atoms with van der Waals surface area (Å²) in [4.78, 5) is 14.8. The molecule has 4 heteroatoms. The van der Waals surface area contributed by atoms with Crippen LogP contribution in [0.3, 0.4) is 0 Å². The average Bonchev–Trinajstić information content (AvgIpc) is 2.52. The van der Waals surface area contributed by atoms with Crippen LogP contribution in [0.4, 0.5) is 0 Å². The highest BCUT2D eigenvalue weighted by atomic mass is 35.5. The first-order valence-electron chi connectivity index (χ1n) is 3.76. The summed E-state index contributed by atoms with van der Waals surface area (Å²) in [7, 11) is 0. The Labute approximate surface area is 85.0 Å². The fourth-order valence-electron chi connectivity index (χ4n) is 1.08. The maximum atomic E-state index is 10.9. The first-order chi connectivity index (χ1) is 6.25. The number of halogens is 1. The molecule has 66 valence electrons. The van der Waals surface area contributed by atoms with E-state index in [0.717, 1.165) is 10.6 Å². The summed E-state index contributed by atoms with van der Waals surface area (Å²) in [6, 6.07) is 7.36. The van der Waals surface area contributed by atoms with Crippen molar-refractivity contribution in [2.75, 3.05) is 5.75 Å². The molecule has 0 saturated heterocycles. The normalized spacial score (nSPS) is 16.1. The number of aliphatic imine (C=N–C) groups is 1. The molecule has 0 N–H and O–H groups in total. The number of carbonyl (C=O) groups is 1. The highest BCUT2D eigenvalue weighted by Crippen LogP contribution is 2.21. The van der Waals surface area contributed by atoms with Crippen molar-refractivity contribution in [3.05, 3.63) is 34.9 Å². The minimum absolute atomic E-state index is 0.0695. The molecule has 2 rings (SSSR count). The van der Waals surface area contributed by atoms with Gasteiger partial charge in [0.1, 0.15) is 5.04 Å². The van der Waals surface area contributed by atoms with Gasteiger partial charge in [0, 0.05) is 10.6 Å². The lowest BCUT2D eigenvalue weighted by molar-refractivity contribution is -0.115. The Morgan fingerprint density at radius 3 is 2.92 bits per heavy atom. The number of hydrogen-bond acceptors (Lipinski definition) is 2. The number of rotatable bonds is 1. The van der Waals surface area contributed by atoms with Gasteiger partial charge in [0.15, 0.2) is 0 Å². The van der Waals surface area contributed by atoms with Crippen LogP contribution in [-0.2, 0) is 4.79 Å². The van der Waals surface area contributed by atoms with E-state index in [4.69, 9.17) is 11.6 Å². The van der Waals surface area contributed by atoms with Crippen LogP contribution in [0.25, 0.3) is 0 Å². The minimum atomic E-state index is -0.0695. The molecule has 13 heavy (non-hydrogen) atoms. The Morgan fingerprint density at radius 2 is 2.31 bits per heavy atom. The van der Waals surface area contributed by atoms with Gasteiger partial charge >= 0.3 is 0 Å². The number of thioether (sulfide) groups is 1. The van der Waals surface area contributed by atoms with Crippen molar-refractivity contribution in [2.45, 2.75) is 0 Å². The molecule has 0 fully saturated rings. The zero-order valence-corrected chi connectivity index (χ0v) is 8.23. The molecule has 2 nitrogen and oxygen atoms in total. The molecule has 1 aromatic carbocycles. The third kappa shape index (κ3) is 1.92. The molecule has 0 radical (unpaired) electrons. The Kier molecular flexibility index (Phi) is 2.38. The summed E-state index contributed by atoms with van der Waals surface area (Å²) in [5.74, 6) is 0.377. The van der Waals surface area contributed by atoms with Gasteiger partial charge in [-0.25, -0.2) is 4.99 Å². The zero-order chi connectivity index (χ0) is 9.26. The predicted octanol–water partition coefficient (Wildman–Crippen LogP) is 2.36. The van der Waals surface area contributed by atoms with E-state index in [9.17, 15) is 4.79 Å². The first kappa shape index (κ1) is 8.78. The van der Waals surface area contributed by atoms with E-state index in [1.807, 2.05) is 18.2 Å². The van der Waals surface area contributed by atoms with Gasteiger partial charge < -0.3 is 0 Å². The second-order valence-electron chi connectivity index (χ2n) is 2.61. The molecule has 0 aromatic heterocycles. The third-order valence-electron chi connectivity index (χ3n) is 1.63. The van der Waals surface area contributed by atoms with Crippen LogP contribution in [0.15, 0.2) is 29.3 Å². The molecular weight excluding hydrogens is 206 g/mol. The molecule has 1 amide bonds. The number of carbonyl (C=O) groups excluding carboxylic acids is 1. The van der Waals surface area contributed by atoms with Crippen LogP contribution >= 0.6 is 23.4 Å². The predicted molar refractivity (Wildman–Crippen MR) is 55.5 cm³/mol. The van der Waals surface area contributed by atoms with Crippen LogP contribution in [0.1, 0.15) is 5.56 Å². The standard InChI is InChI=1S/C9H6ClNOS/c10-7-3-1-2-6(4-7)9-11-8(12)5-13-9/h1-4H,5H2. The summed E-state index contributed by atoms with van der Waals surface area (Å²) in [5.41, 5.74) is 0.920. The SMILES string of the molecule is O=C1CSC(c2cccc(Cl)c2)=N1. The van der Waals surface area contributed by atoms with E-state index >= 15 is 0 Å². The molecule has 1 aliphatic heterocycles. The monoisotopic (exact) mass is 211 g/mol. The lowest BCUT2D eigenvalue weighted by Crippen LogP contribution is -1.90. The summed E-state index contributed by atoms with van der Waals surface area (Å²) < 4.78 is 0. The Hall–Kier alpha value is -0.800. The van der Waals surface area contributed by atoms with Crippen molar-refractivity contribution >= 4 is 34.3 Å². The van der Waals surface area contributed by atoms with Crippen molar-refractivity contribution in [1.82, 2.24) is 0 Å². The first-order valence-corrected chi connectivity index (χ1v) is 5.12. The molecule has 0 unspecified atom stereocenters. The second kappa shape index (κ2) is 3.52. The van der Waals surface area contributed by atoms with E-state index in [1.54, 1.807) is 6.07 Å². The van der Waals surface area contributed by atoms with Crippen molar-refractivity contribution in [2.24, 2.45) is 4.99 Å². The third-order valence-corrected chi connectivity index (χ3v) is 2.86. The van der Waals surface area contributed by atoms with Gasteiger partial charge in [-0.2, -0.15) is 0 Å². The van der Waals surface area contributed by atoms with Crippen LogP contribution < -0.4 is 0 Å². The van der Waals surface area contributed by atoms with Crippen LogP contribution in [0.5, 0.6) is 0 Å². The summed E-state index contributed by atoms with van der Waals surface area (Å²) in [6.45, 7) is 0. The molecule has 1 aromatic rings. The summed E-state index contributed by atoms with van der Waals surface area (Å²) >= 11 is 7.26. The maximum Gasteiger partial charge on any atom is 0.257 e. The molecular formula is C9H6ClNOS. The van der Waals surface area contributed by atoms with Crippen LogP contribution in [-0.4, -0.2) is 16.7 Å². The Balaban J connectivity index is 2.36. The highest BCUT2D eigenvalue weighted by Gasteiger charge is 2.15. The second-order valence-corrected chi connectivity index (χ2v) is 4.01. The molecule has 0 bridgehead atoms. The van der Waals surface area contributed by atoms with Gasteiger partial charge in [-0.05, 0) is 12.1 Å². The fraction of sp³-hybridized carbons (Fsp3) is 0.111. The number of amides is 1. The number of hydrogen-bond donors (Lipinski definition) is 0. The number of benzene rings is 1. The molecule has 0 spiro atoms.